The van der Waals surface area contributed by atoms with Crippen LogP contribution >= 0.6 is 11.3 Å². The highest BCUT2D eigenvalue weighted by Crippen LogP contribution is 2.39. The number of fused-ring (bicyclic) bond motifs is 1. The van der Waals surface area contributed by atoms with Crippen molar-refractivity contribution in [1.82, 2.24) is 9.88 Å². The van der Waals surface area contributed by atoms with Crippen molar-refractivity contribution in [3.05, 3.63) is 102 Å². The molecule has 2 aromatic heterocycles. The molecule has 0 bridgehead atoms. The zero-order valence-corrected chi connectivity index (χ0v) is 19.7. The van der Waals surface area contributed by atoms with Crippen LogP contribution in [0.5, 0.6) is 0 Å². The molecule has 0 amide bonds. The summed E-state index contributed by atoms with van der Waals surface area (Å²) < 4.78 is 1.28. The van der Waals surface area contributed by atoms with Crippen LogP contribution in [0, 0.1) is 11.3 Å². The van der Waals surface area contributed by atoms with Crippen LogP contribution in [0.3, 0.4) is 0 Å². The molecule has 0 aliphatic carbocycles. The minimum Gasteiger partial charge on any atom is -0.336 e. The van der Waals surface area contributed by atoms with E-state index in [1.807, 2.05) is 56.3 Å². The van der Waals surface area contributed by atoms with E-state index in [0.29, 0.717) is 0 Å². The van der Waals surface area contributed by atoms with Crippen molar-refractivity contribution in [3.8, 4) is 17.2 Å². The van der Waals surface area contributed by atoms with Gasteiger partial charge in [-0.1, -0.05) is 36.9 Å². The number of anilines is 1. The Morgan fingerprint density at radius 1 is 1.06 bits per heavy atom. The average Bonchev–Trinajstić information content (AvgIpc) is 3.40. The Kier molecular flexibility index (Phi) is 5.03. The highest BCUT2D eigenvalue weighted by molar-refractivity contribution is 7.17. The van der Waals surface area contributed by atoms with E-state index in [1.54, 1.807) is 11.3 Å². The van der Waals surface area contributed by atoms with Crippen LogP contribution in [0.1, 0.15) is 25.1 Å². The molecule has 0 N–H and O–H groups in total. The van der Waals surface area contributed by atoms with Crippen LogP contribution in [-0.2, 0) is 5.41 Å². The Morgan fingerprint density at radius 3 is 2.58 bits per heavy atom. The maximum Gasteiger partial charge on any atom is 0.110 e. The lowest BCUT2D eigenvalue weighted by molar-refractivity contribution is 0.587. The number of hydrogen-bond acceptors (Lipinski definition) is 5. The minimum absolute atomic E-state index is 0.533. The van der Waals surface area contributed by atoms with Crippen LogP contribution < -0.4 is 4.90 Å². The number of nitrogens with zero attached hydrogens (tertiary/aromatic N) is 4. The topological polar surface area (TPSA) is 43.2 Å². The molecular formula is C28H24N4S. The predicted octanol–water partition coefficient (Wildman–Crippen LogP) is 6.99. The molecule has 0 saturated heterocycles. The first-order chi connectivity index (χ1) is 15.9. The summed E-state index contributed by atoms with van der Waals surface area (Å²) in [5.41, 5.74) is 5.66. The van der Waals surface area contributed by atoms with Gasteiger partial charge in [-0.25, -0.2) is 0 Å². The fourth-order valence-electron chi connectivity index (χ4n) is 4.11. The molecule has 5 rings (SSSR count). The molecule has 0 fully saturated rings. The Balaban J connectivity index is 1.55. The lowest BCUT2D eigenvalue weighted by Crippen LogP contribution is -2.21. The van der Waals surface area contributed by atoms with Crippen molar-refractivity contribution in [2.24, 2.45) is 0 Å². The first kappa shape index (κ1) is 21.0. The molecule has 0 atom stereocenters. The smallest absolute Gasteiger partial charge is 0.110 e. The molecule has 1 aliphatic heterocycles. The lowest BCUT2D eigenvalue weighted by atomic mass is 9.86. The van der Waals surface area contributed by atoms with Crippen molar-refractivity contribution in [3.63, 3.8) is 0 Å². The van der Waals surface area contributed by atoms with E-state index < -0.39 is 5.41 Å². The number of benzene rings is 2. The standard InChI is InChI=1S/C28H24N4S/c1-19-31(4)16-26(32(19)22-11-9-21(10-12-22)28(2,3)18-29)25-15-20(13-14-30-25)24-17-33-27-8-6-5-7-23(24)27/h5-17H,1H2,2-4H3. The van der Waals surface area contributed by atoms with Gasteiger partial charge in [-0.3, -0.25) is 9.88 Å². The van der Waals surface area contributed by atoms with E-state index in [1.165, 1.54) is 15.6 Å². The molecule has 3 heterocycles. The molecule has 0 spiro atoms. The van der Waals surface area contributed by atoms with Gasteiger partial charge in [-0.15, -0.1) is 11.3 Å². The largest absolute Gasteiger partial charge is 0.336 e. The zero-order valence-electron chi connectivity index (χ0n) is 18.9. The molecule has 0 unspecified atom stereocenters. The molecule has 33 heavy (non-hydrogen) atoms. The van der Waals surface area contributed by atoms with Crippen LogP contribution in [0.2, 0.25) is 0 Å². The molecule has 4 aromatic rings. The second-order valence-electron chi connectivity index (χ2n) is 8.74. The normalized spacial score (nSPS) is 14.0. The van der Waals surface area contributed by atoms with E-state index in [9.17, 15) is 5.26 Å². The second kappa shape index (κ2) is 7.91. The third-order valence-corrected chi connectivity index (χ3v) is 7.13. The molecule has 1 aliphatic rings. The summed E-state index contributed by atoms with van der Waals surface area (Å²) in [6.45, 7) is 8.15. The van der Waals surface area contributed by atoms with E-state index in [4.69, 9.17) is 4.98 Å². The van der Waals surface area contributed by atoms with E-state index in [2.05, 4.69) is 65.5 Å². The first-order valence-electron chi connectivity index (χ1n) is 10.8. The van der Waals surface area contributed by atoms with Crippen molar-refractivity contribution in [2.75, 3.05) is 11.9 Å². The van der Waals surface area contributed by atoms with Gasteiger partial charge in [0, 0.05) is 40.8 Å². The summed E-state index contributed by atoms with van der Waals surface area (Å²) >= 11 is 1.76. The van der Waals surface area contributed by atoms with Crippen molar-refractivity contribution >= 4 is 32.8 Å². The molecule has 162 valence electrons. The molecule has 4 nitrogen and oxygen atoms in total. The lowest BCUT2D eigenvalue weighted by Gasteiger charge is -2.25. The fourth-order valence-corrected chi connectivity index (χ4v) is 5.08. The van der Waals surface area contributed by atoms with Gasteiger partial charge in [0.05, 0.1) is 22.9 Å². The summed E-state index contributed by atoms with van der Waals surface area (Å²) in [6.07, 6.45) is 3.93. The maximum absolute atomic E-state index is 9.47. The predicted molar refractivity (Wildman–Crippen MR) is 137 cm³/mol. The minimum atomic E-state index is -0.533. The van der Waals surface area contributed by atoms with Crippen molar-refractivity contribution in [1.29, 1.82) is 5.26 Å². The molecule has 0 saturated carbocycles. The van der Waals surface area contributed by atoms with Crippen LogP contribution in [0.15, 0.2) is 90.8 Å². The monoisotopic (exact) mass is 448 g/mol. The van der Waals surface area contributed by atoms with Gasteiger partial charge in [0.1, 0.15) is 5.82 Å². The molecular weight excluding hydrogens is 424 g/mol. The van der Waals surface area contributed by atoms with Crippen LogP contribution in [0.4, 0.5) is 5.69 Å². The van der Waals surface area contributed by atoms with E-state index in [-0.39, 0.29) is 0 Å². The van der Waals surface area contributed by atoms with Gasteiger partial charge in [0.2, 0.25) is 0 Å². The van der Waals surface area contributed by atoms with Gasteiger partial charge < -0.3 is 4.90 Å². The van der Waals surface area contributed by atoms with E-state index >= 15 is 0 Å². The first-order valence-corrected chi connectivity index (χ1v) is 11.7. The van der Waals surface area contributed by atoms with Crippen LogP contribution in [-0.4, -0.2) is 16.9 Å². The number of hydrogen-bond donors (Lipinski definition) is 0. The van der Waals surface area contributed by atoms with Gasteiger partial charge >= 0.3 is 0 Å². The average molecular weight is 449 g/mol. The highest BCUT2D eigenvalue weighted by Gasteiger charge is 2.28. The van der Waals surface area contributed by atoms with Gasteiger partial charge in [-0.05, 0) is 60.7 Å². The fraction of sp³-hybridized carbons (Fsp3) is 0.143. The summed E-state index contributed by atoms with van der Waals surface area (Å²) in [6, 6.07) is 23.2. The summed E-state index contributed by atoms with van der Waals surface area (Å²) in [5.74, 6) is 0.852. The third kappa shape index (κ3) is 3.59. The Morgan fingerprint density at radius 2 is 1.82 bits per heavy atom. The van der Waals surface area contributed by atoms with Crippen molar-refractivity contribution < 1.29 is 0 Å². The highest BCUT2D eigenvalue weighted by atomic mass is 32.1. The quantitative estimate of drug-likeness (QED) is 0.338. The maximum atomic E-state index is 9.47. The number of pyridine rings is 1. The number of aromatic nitrogens is 1. The summed E-state index contributed by atoms with van der Waals surface area (Å²) in [5, 5.41) is 12.9. The molecule has 5 heteroatoms. The Hall–Kier alpha value is -3.88. The molecule has 0 radical (unpaired) electrons. The van der Waals surface area contributed by atoms with E-state index in [0.717, 1.165) is 34.0 Å². The summed E-state index contributed by atoms with van der Waals surface area (Å²) in [4.78, 5) is 8.83. The number of thiophene rings is 1. The van der Waals surface area contributed by atoms with Crippen LogP contribution in [0.25, 0.3) is 26.9 Å². The van der Waals surface area contributed by atoms with Crippen molar-refractivity contribution in [2.45, 2.75) is 19.3 Å². The second-order valence-corrected chi connectivity index (χ2v) is 9.65. The van der Waals surface area contributed by atoms with Gasteiger partial charge in [-0.2, -0.15) is 5.26 Å². The summed E-state index contributed by atoms with van der Waals surface area (Å²) in [7, 11) is 1.99. The van der Waals surface area contributed by atoms with Gasteiger partial charge in [0.25, 0.3) is 0 Å². The zero-order chi connectivity index (χ0) is 23.2. The Bertz CT molecular complexity index is 1440. The number of rotatable bonds is 4. The third-order valence-electron chi connectivity index (χ3n) is 6.16. The van der Waals surface area contributed by atoms with Gasteiger partial charge in [0.15, 0.2) is 0 Å². The Labute approximate surface area is 198 Å². The number of nitriles is 1. The molecule has 2 aromatic carbocycles. The SMILES string of the molecule is C=C1N(C)C=C(c2cc(-c3csc4ccccc34)ccn2)N1c1ccc(C(C)(C)C#N)cc1.